The fourth-order valence-corrected chi connectivity index (χ4v) is 9.54. The van der Waals surface area contributed by atoms with Crippen molar-refractivity contribution in [2.75, 3.05) is 23.9 Å². The summed E-state index contributed by atoms with van der Waals surface area (Å²) in [5.41, 5.74) is -1.19. The van der Waals surface area contributed by atoms with Crippen LogP contribution in [0.3, 0.4) is 0 Å². The number of pyridine rings is 1. The molecule has 0 radical (unpaired) electrons. The van der Waals surface area contributed by atoms with E-state index in [1.54, 1.807) is 0 Å². The molecule has 4 atom stereocenters. The number of sulfonamides is 1. The molecule has 27 heteroatoms. The van der Waals surface area contributed by atoms with Gasteiger partial charge in [0.25, 0.3) is 5.92 Å². The van der Waals surface area contributed by atoms with Crippen LogP contribution in [0.4, 0.5) is 54.5 Å². The quantitative estimate of drug-likeness (QED) is 0.101. The molecule has 68 heavy (non-hydrogen) atoms. The number of aromatic nitrogens is 5. The first kappa shape index (κ1) is 50.0. The van der Waals surface area contributed by atoms with Gasteiger partial charge in [0.15, 0.2) is 21.3 Å². The molecule has 2 aromatic carbocycles. The zero-order chi connectivity index (χ0) is 50.6. The van der Waals surface area contributed by atoms with Crippen molar-refractivity contribution >= 4 is 60.1 Å². The number of carbonyl (C=O) groups excluding carboxylic acids is 2. The molecule has 3 N–H and O–H groups in total. The van der Waals surface area contributed by atoms with Crippen LogP contribution in [-0.4, -0.2) is 83.8 Å². The average molecular weight is 1030 g/mol. The van der Waals surface area contributed by atoms with E-state index < -0.39 is 170 Å². The molecule has 0 spiro atoms. The van der Waals surface area contributed by atoms with E-state index in [0.29, 0.717) is 24.5 Å². The number of alkyl halides is 8. The number of hydrogen-bond donors (Lipinski definition) is 2. The highest BCUT2D eigenvalue weighted by Gasteiger charge is 2.69. The number of primary amides is 1. The Morgan fingerprint density at radius 2 is 1.60 bits per heavy atom. The van der Waals surface area contributed by atoms with Crippen molar-refractivity contribution in [3.05, 3.63) is 93.0 Å². The number of hydrogen-bond acceptors (Lipinski definition) is 9. The number of nitrogens with one attached hydrogen (secondary N) is 1. The van der Waals surface area contributed by atoms with Gasteiger partial charge in [0.05, 0.1) is 27.9 Å². The fourth-order valence-electron chi connectivity index (χ4n) is 8.23. The summed E-state index contributed by atoms with van der Waals surface area (Å²) < 4.78 is 200. The topological polar surface area (TPSA) is 192 Å². The zero-order valence-electron chi connectivity index (χ0n) is 35.7. The van der Waals surface area contributed by atoms with Gasteiger partial charge >= 0.3 is 18.4 Å². The summed E-state index contributed by atoms with van der Waals surface area (Å²) >= 11 is 6.56. The molecule has 0 aliphatic heterocycles. The molecule has 2 aliphatic carbocycles. The number of benzene rings is 2. The molecule has 0 saturated heterocycles. The maximum Gasteiger partial charge on any atom is 0.435 e. The molecule has 0 bridgehead atoms. The minimum atomic E-state index is -5.39. The number of sulfone groups is 1. The summed E-state index contributed by atoms with van der Waals surface area (Å²) in [6, 6.07) is 2.14. The lowest BCUT2D eigenvalue weighted by Gasteiger charge is -2.29. The number of carbonyl (C=O) groups is 2. The molecular formula is C41H35ClF10N8O6S2. The lowest BCUT2D eigenvalue weighted by molar-refractivity contribution is -0.143. The molecule has 3 amide bonds. The van der Waals surface area contributed by atoms with E-state index in [0.717, 1.165) is 37.6 Å². The van der Waals surface area contributed by atoms with Gasteiger partial charge in [-0.05, 0) is 74.4 Å². The van der Waals surface area contributed by atoms with Crippen LogP contribution < -0.4 is 15.4 Å². The molecule has 7 rings (SSSR count). The number of amides is 3. The van der Waals surface area contributed by atoms with E-state index in [1.807, 2.05) is 5.32 Å². The summed E-state index contributed by atoms with van der Waals surface area (Å²) in [7, 11) is -7.71. The Labute approximate surface area is 384 Å². The third-order valence-electron chi connectivity index (χ3n) is 11.5. The van der Waals surface area contributed by atoms with Gasteiger partial charge in [-0.25, -0.2) is 40.1 Å². The molecule has 1 fully saturated rings. The summed E-state index contributed by atoms with van der Waals surface area (Å²) in [6.07, 6.45) is -10.5. The van der Waals surface area contributed by atoms with Gasteiger partial charge in [-0.2, -0.15) is 49.6 Å². The molecule has 14 nitrogen and oxygen atoms in total. The van der Waals surface area contributed by atoms with Crippen LogP contribution >= 0.6 is 11.6 Å². The van der Waals surface area contributed by atoms with Crippen molar-refractivity contribution in [3.8, 4) is 23.0 Å². The maximum atomic E-state index is 16.2. The third kappa shape index (κ3) is 9.06. The van der Waals surface area contributed by atoms with Gasteiger partial charge in [-0.15, -0.1) is 0 Å². The zero-order valence-corrected chi connectivity index (χ0v) is 38.0. The second kappa shape index (κ2) is 16.6. The molecule has 5 aromatic rings. The molecule has 1 saturated carbocycles. The van der Waals surface area contributed by atoms with E-state index in [1.165, 1.54) is 13.8 Å². The lowest BCUT2D eigenvalue weighted by atomic mass is 9.84. The Kier molecular flexibility index (Phi) is 12.2. The molecular weight excluding hydrogens is 990 g/mol. The summed E-state index contributed by atoms with van der Waals surface area (Å²) in [6.45, 7) is 0.402. The molecule has 3 aromatic heterocycles. The van der Waals surface area contributed by atoms with Gasteiger partial charge < -0.3 is 11.1 Å². The van der Waals surface area contributed by atoms with E-state index in [4.69, 9.17) is 17.3 Å². The predicted molar refractivity (Wildman–Crippen MR) is 225 cm³/mol. The van der Waals surface area contributed by atoms with Gasteiger partial charge in [-0.1, -0.05) is 23.6 Å². The number of nitrogens with two attached hydrogens (primary N) is 1. The van der Waals surface area contributed by atoms with Crippen LogP contribution in [0.15, 0.2) is 42.5 Å². The number of rotatable bonds is 11. The van der Waals surface area contributed by atoms with Gasteiger partial charge in [0.2, 0.25) is 15.9 Å². The van der Waals surface area contributed by atoms with Crippen LogP contribution in [0.5, 0.6) is 0 Å². The smallest absolute Gasteiger partial charge is 0.368 e. The monoisotopic (exact) mass is 1020 g/mol. The van der Waals surface area contributed by atoms with Crippen molar-refractivity contribution in [2.24, 2.45) is 11.7 Å². The van der Waals surface area contributed by atoms with E-state index in [-0.39, 0.29) is 20.1 Å². The van der Waals surface area contributed by atoms with Crippen molar-refractivity contribution < 1.29 is 70.3 Å². The predicted octanol–water partition coefficient (Wildman–Crippen LogP) is 7.35. The highest BCUT2D eigenvalue weighted by Crippen LogP contribution is 2.69. The highest BCUT2D eigenvalue weighted by atomic mass is 35.5. The fraction of sp³-hybridized carbons (Fsp3) is 0.390. The maximum absolute atomic E-state index is 16.2. The first-order valence-corrected chi connectivity index (χ1v) is 23.8. The number of nitrogens with zero attached hydrogens (tertiary/aromatic N) is 6. The number of anilines is 1. The second-order valence-corrected chi connectivity index (χ2v) is 21.5. The van der Waals surface area contributed by atoms with Crippen molar-refractivity contribution in [1.29, 1.82) is 0 Å². The Hall–Kier alpha value is -5.94. The second-order valence-electron chi connectivity index (χ2n) is 16.7. The van der Waals surface area contributed by atoms with Gasteiger partial charge in [0.1, 0.15) is 40.4 Å². The summed E-state index contributed by atoms with van der Waals surface area (Å²) in [5.74, 6) is -9.24. The van der Waals surface area contributed by atoms with Crippen LogP contribution in [0, 0.1) is 29.4 Å². The van der Waals surface area contributed by atoms with E-state index in [2.05, 4.69) is 27.0 Å². The molecule has 2 aliphatic rings. The lowest BCUT2D eigenvalue weighted by Crippen LogP contribution is -2.42. The normalized spacial score (nSPS) is 17.8. The van der Waals surface area contributed by atoms with Crippen molar-refractivity contribution in [1.82, 2.24) is 29.9 Å². The number of urea groups is 1. The molecule has 364 valence electrons. The third-order valence-corrected chi connectivity index (χ3v) is 14.8. The number of halogens is 11. The van der Waals surface area contributed by atoms with Crippen LogP contribution in [0.2, 0.25) is 5.02 Å². The SMILES string of the molecule is CNC(=O)N(c1nn(CC(F)(F)F)c2c(-c3ccc(C#CC(C)(C)S(C)(=O)=O)nc3[C@@H](Cc3cc(F)cc(F)c3)C(C(N)=O)n3nc(C(F)(F)F)c4c3C(F)(F)[C@@H]3C[C@H]43)ccc(Cl)c12)S(C)(=O)=O. The van der Waals surface area contributed by atoms with Gasteiger partial charge in [0, 0.05) is 47.9 Å². The van der Waals surface area contributed by atoms with E-state index >= 15 is 8.78 Å². The van der Waals surface area contributed by atoms with Crippen LogP contribution in [0.25, 0.3) is 22.0 Å². The highest BCUT2D eigenvalue weighted by molar-refractivity contribution is 7.93. The van der Waals surface area contributed by atoms with Crippen LogP contribution in [0.1, 0.15) is 72.0 Å². The standard InChI is InChI=1S/C41H35ClF10N8O6S2/c1-38(2,67(4,63)64)11-10-21-6-7-22(23-8-9-27(42)29-31(23)58(17-39(45,46)47)57-36(29)60(37(62)54-3)68(5,65)66)30(55-21)25(14-18-12-19(43)15-20(44)13-18)32(35(53)61)59-34-28(33(56-59)41(50,51)52)24-16-26(24)40(34,48)49/h6-9,12-13,15,24-26,32H,14,16-17H2,1-5H3,(H2,53,61)(H,54,62)/t24-,25+,26+,32?/m0/s1. The minimum absolute atomic E-state index is 0.00489. The Bertz CT molecular complexity index is 3220. The Morgan fingerprint density at radius 1 is 0.985 bits per heavy atom. The van der Waals surface area contributed by atoms with Gasteiger partial charge in [-0.3, -0.25) is 9.48 Å². The summed E-state index contributed by atoms with van der Waals surface area (Å²) in [4.78, 5) is 31.5. The van der Waals surface area contributed by atoms with Crippen molar-refractivity contribution in [3.63, 3.8) is 0 Å². The van der Waals surface area contributed by atoms with Crippen LogP contribution in [-0.2, 0) is 49.7 Å². The largest absolute Gasteiger partial charge is 0.435 e. The average Bonchev–Trinajstić information content (AvgIpc) is 3.69. The molecule has 1 unspecified atom stereocenters. The molecule has 3 heterocycles. The Balaban J connectivity index is 1.64. The van der Waals surface area contributed by atoms with Crippen molar-refractivity contribution in [2.45, 2.75) is 74.1 Å². The first-order valence-electron chi connectivity index (χ1n) is 19.7. The number of fused-ring (bicyclic) bond motifs is 4. The summed E-state index contributed by atoms with van der Waals surface area (Å²) in [5, 5.41) is 8.28. The minimum Gasteiger partial charge on any atom is -0.368 e. The Morgan fingerprint density at radius 3 is 2.15 bits per heavy atom. The van der Waals surface area contributed by atoms with E-state index in [9.17, 15) is 61.5 Å². The first-order chi connectivity index (χ1) is 31.2.